The minimum atomic E-state index is -0.513. The molecule has 0 saturated carbocycles. The summed E-state index contributed by atoms with van der Waals surface area (Å²) in [5.74, 6) is -1.16. The first-order chi connectivity index (χ1) is 16.9. The Hall–Kier alpha value is -2.30. The molecule has 7 nitrogen and oxygen atoms in total. The van der Waals surface area contributed by atoms with Crippen molar-refractivity contribution in [3.05, 3.63) is 52.8 Å². The highest BCUT2D eigenvalue weighted by atomic mass is 35.5. The van der Waals surface area contributed by atoms with Crippen molar-refractivity contribution >= 4 is 68.2 Å². The monoisotopic (exact) mass is 552 g/mol. The third kappa shape index (κ3) is 5.50. The zero-order chi connectivity index (χ0) is 24.5. The van der Waals surface area contributed by atoms with Crippen molar-refractivity contribution in [1.29, 1.82) is 0 Å². The number of halogens is 3. The number of aryl methyl sites for hydroxylation is 1. The average Bonchev–Trinajstić information content (AvgIpc) is 3.48. The molecular formula is C25H27Cl2FN4O3S. The van der Waals surface area contributed by atoms with E-state index in [1.54, 1.807) is 21.9 Å². The first kappa shape index (κ1) is 26.8. The number of morpholine rings is 1. The summed E-state index contributed by atoms with van der Waals surface area (Å²) in [4.78, 5) is 36.9. The molecule has 2 saturated heterocycles. The fourth-order valence-corrected chi connectivity index (χ4v) is 5.88. The van der Waals surface area contributed by atoms with Crippen molar-refractivity contribution in [1.82, 2.24) is 9.88 Å². The molecule has 2 aliphatic rings. The van der Waals surface area contributed by atoms with Gasteiger partial charge in [-0.25, -0.2) is 9.37 Å². The quantitative estimate of drug-likeness (QED) is 0.449. The maximum absolute atomic E-state index is 13.8. The topological polar surface area (TPSA) is 66.0 Å². The molecule has 1 unspecified atom stereocenters. The van der Waals surface area contributed by atoms with Crippen LogP contribution in [0.2, 0.25) is 5.02 Å². The van der Waals surface area contributed by atoms with E-state index in [1.807, 2.05) is 19.1 Å². The highest BCUT2D eigenvalue weighted by Crippen LogP contribution is 2.37. The number of hydrogen-bond acceptors (Lipinski definition) is 6. The van der Waals surface area contributed by atoms with Crippen LogP contribution in [0.25, 0.3) is 10.2 Å². The SMILES string of the molecule is Cc1ccc(Cl)c2sc(N(CCN3CCOCC3)C(=O)C3CC(=O)N(c4ccc(F)cc4)C3)nc12.Cl. The van der Waals surface area contributed by atoms with Crippen molar-refractivity contribution in [2.45, 2.75) is 13.3 Å². The first-order valence-electron chi connectivity index (χ1n) is 11.6. The summed E-state index contributed by atoms with van der Waals surface area (Å²) in [6.45, 7) is 6.33. The van der Waals surface area contributed by atoms with E-state index in [-0.39, 0.29) is 43.0 Å². The van der Waals surface area contributed by atoms with Crippen molar-refractivity contribution in [2.75, 3.05) is 55.7 Å². The smallest absolute Gasteiger partial charge is 0.234 e. The summed E-state index contributed by atoms with van der Waals surface area (Å²) in [5.41, 5.74) is 2.37. The lowest BCUT2D eigenvalue weighted by atomic mass is 10.1. The number of carbonyl (C=O) groups excluding carboxylic acids is 2. The largest absolute Gasteiger partial charge is 0.379 e. The fourth-order valence-electron chi connectivity index (χ4n) is 4.54. The van der Waals surface area contributed by atoms with Gasteiger partial charge in [-0.15, -0.1) is 12.4 Å². The Labute approximate surface area is 224 Å². The highest BCUT2D eigenvalue weighted by molar-refractivity contribution is 7.23. The molecule has 0 spiro atoms. The maximum Gasteiger partial charge on any atom is 0.234 e. The standard InChI is InChI=1S/C25H26ClFN4O3S.ClH/c1-16-2-7-20(26)23-22(16)28-25(35-23)30(9-8-29-10-12-34-13-11-29)24(33)17-14-21(32)31(15-17)19-5-3-18(27)4-6-19;/h2-7,17H,8-15H2,1H3;1H. The van der Waals surface area contributed by atoms with E-state index in [1.165, 1.54) is 23.5 Å². The highest BCUT2D eigenvalue weighted by Gasteiger charge is 2.38. The fraction of sp³-hybridized carbons (Fsp3) is 0.400. The van der Waals surface area contributed by atoms with Gasteiger partial charge in [0.25, 0.3) is 0 Å². The van der Waals surface area contributed by atoms with E-state index >= 15 is 0 Å². The van der Waals surface area contributed by atoms with Crippen LogP contribution in [-0.4, -0.2) is 67.6 Å². The number of nitrogens with zero attached hydrogens (tertiary/aromatic N) is 4. The molecule has 3 aromatic rings. The van der Waals surface area contributed by atoms with E-state index in [4.69, 9.17) is 21.3 Å². The molecule has 3 heterocycles. The summed E-state index contributed by atoms with van der Waals surface area (Å²) in [7, 11) is 0. The summed E-state index contributed by atoms with van der Waals surface area (Å²) in [5, 5.41) is 1.19. The Kier molecular flexibility index (Phi) is 8.47. The molecule has 2 aromatic carbocycles. The van der Waals surface area contributed by atoms with Crippen molar-refractivity contribution in [3.8, 4) is 0 Å². The van der Waals surface area contributed by atoms with Gasteiger partial charge in [0.15, 0.2) is 5.13 Å². The van der Waals surface area contributed by atoms with Gasteiger partial charge in [-0.1, -0.05) is 29.0 Å². The lowest BCUT2D eigenvalue weighted by Crippen LogP contribution is -2.45. The third-order valence-corrected chi connectivity index (χ3v) is 8.08. The van der Waals surface area contributed by atoms with Crippen LogP contribution < -0.4 is 9.80 Å². The first-order valence-corrected chi connectivity index (χ1v) is 12.8. The Bertz CT molecular complexity index is 1210. The van der Waals surface area contributed by atoms with Gasteiger partial charge in [0, 0.05) is 44.8 Å². The van der Waals surface area contributed by atoms with Gasteiger partial charge < -0.3 is 9.64 Å². The van der Waals surface area contributed by atoms with Crippen LogP contribution in [0.15, 0.2) is 36.4 Å². The molecule has 2 aliphatic heterocycles. The third-order valence-electron chi connectivity index (χ3n) is 6.54. The number of thiazole rings is 1. The number of ether oxygens (including phenoxy) is 1. The number of fused-ring (bicyclic) bond motifs is 1. The Morgan fingerprint density at radius 1 is 1.22 bits per heavy atom. The van der Waals surface area contributed by atoms with Gasteiger partial charge in [-0.05, 0) is 42.8 Å². The van der Waals surface area contributed by atoms with Crippen LogP contribution in [-0.2, 0) is 14.3 Å². The molecule has 2 amide bonds. The molecule has 1 aromatic heterocycles. The van der Waals surface area contributed by atoms with Crippen LogP contribution in [0.3, 0.4) is 0 Å². The second-order valence-corrected chi connectivity index (χ2v) is 10.2. The van der Waals surface area contributed by atoms with Gasteiger partial charge >= 0.3 is 0 Å². The summed E-state index contributed by atoms with van der Waals surface area (Å²) < 4.78 is 19.7. The molecule has 5 rings (SSSR count). The number of anilines is 2. The average molecular weight is 553 g/mol. The lowest BCUT2D eigenvalue weighted by molar-refractivity contribution is -0.124. The van der Waals surface area contributed by atoms with Crippen molar-refractivity contribution < 1.29 is 18.7 Å². The molecular weight excluding hydrogens is 526 g/mol. The molecule has 0 N–H and O–H groups in total. The second kappa shape index (κ2) is 11.4. The number of amides is 2. The number of benzene rings is 2. The number of hydrogen-bond donors (Lipinski definition) is 0. The number of carbonyl (C=O) groups is 2. The predicted molar refractivity (Wildman–Crippen MR) is 143 cm³/mol. The van der Waals surface area contributed by atoms with Gasteiger partial charge in [-0.3, -0.25) is 19.4 Å². The predicted octanol–water partition coefficient (Wildman–Crippen LogP) is 4.54. The molecule has 2 fully saturated rings. The van der Waals surface area contributed by atoms with E-state index in [9.17, 15) is 14.0 Å². The van der Waals surface area contributed by atoms with E-state index in [0.717, 1.165) is 28.9 Å². The van der Waals surface area contributed by atoms with Gasteiger partial charge in [0.05, 0.1) is 34.4 Å². The van der Waals surface area contributed by atoms with Crippen LogP contribution in [0.1, 0.15) is 12.0 Å². The van der Waals surface area contributed by atoms with Crippen LogP contribution >= 0.6 is 35.3 Å². The molecule has 0 bridgehead atoms. The summed E-state index contributed by atoms with van der Waals surface area (Å²) in [6.07, 6.45) is 0.106. The lowest BCUT2D eigenvalue weighted by Gasteiger charge is -2.30. The van der Waals surface area contributed by atoms with E-state index in [0.29, 0.717) is 42.1 Å². The molecule has 0 aliphatic carbocycles. The maximum atomic E-state index is 13.8. The second-order valence-electron chi connectivity index (χ2n) is 8.86. The summed E-state index contributed by atoms with van der Waals surface area (Å²) in [6, 6.07) is 9.53. The molecule has 0 radical (unpaired) electrons. The number of rotatable bonds is 6. The minimum Gasteiger partial charge on any atom is -0.379 e. The number of aromatic nitrogens is 1. The van der Waals surface area contributed by atoms with E-state index in [2.05, 4.69) is 4.90 Å². The zero-order valence-electron chi connectivity index (χ0n) is 19.8. The minimum absolute atomic E-state index is 0. The Morgan fingerprint density at radius 2 is 1.94 bits per heavy atom. The van der Waals surface area contributed by atoms with Crippen LogP contribution in [0, 0.1) is 18.7 Å². The molecule has 1 atom stereocenters. The summed E-state index contributed by atoms with van der Waals surface area (Å²) >= 11 is 7.83. The van der Waals surface area contributed by atoms with E-state index < -0.39 is 5.92 Å². The Morgan fingerprint density at radius 3 is 2.64 bits per heavy atom. The van der Waals surface area contributed by atoms with Crippen molar-refractivity contribution in [3.63, 3.8) is 0 Å². The van der Waals surface area contributed by atoms with Gasteiger partial charge in [0.1, 0.15) is 5.82 Å². The van der Waals surface area contributed by atoms with Gasteiger partial charge in [0.2, 0.25) is 11.8 Å². The zero-order valence-corrected chi connectivity index (χ0v) is 22.2. The normalized spacial score (nSPS) is 18.5. The van der Waals surface area contributed by atoms with Crippen LogP contribution in [0.4, 0.5) is 15.2 Å². The van der Waals surface area contributed by atoms with Crippen LogP contribution in [0.5, 0.6) is 0 Å². The molecule has 11 heteroatoms. The molecule has 192 valence electrons. The van der Waals surface area contributed by atoms with Crippen molar-refractivity contribution in [2.24, 2.45) is 5.92 Å². The molecule has 36 heavy (non-hydrogen) atoms. The van der Waals surface area contributed by atoms with Gasteiger partial charge in [-0.2, -0.15) is 0 Å². The Balaban J connectivity index is 0.00000304.